The van der Waals surface area contributed by atoms with Crippen molar-refractivity contribution in [2.45, 2.75) is 10.9 Å². The minimum absolute atomic E-state index is 0.266. The number of aromatic nitrogens is 3. The molecule has 0 spiro atoms. The van der Waals surface area contributed by atoms with E-state index in [1.165, 1.54) is 17.7 Å². The molecule has 3 rings (SSSR count). The predicted molar refractivity (Wildman–Crippen MR) is 79.9 cm³/mol. The first kappa shape index (κ1) is 13.1. The smallest absolute Gasteiger partial charge is 0.247 e. The minimum Gasteiger partial charge on any atom is -0.323 e. The van der Waals surface area contributed by atoms with Crippen LogP contribution in [0.5, 0.6) is 0 Å². The molecule has 0 saturated carbocycles. The Morgan fingerprint density at radius 1 is 1.25 bits per heavy atom. The van der Waals surface area contributed by atoms with Crippen LogP contribution < -0.4 is 5.32 Å². The number of hydrogen-bond donors (Lipinski definition) is 2. The zero-order valence-corrected chi connectivity index (χ0v) is 12.0. The van der Waals surface area contributed by atoms with E-state index in [9.17, 15) is 4.39 Å². The van der Waals surface area contributed by atoms with Gasteiger partial charge in [-0.25, -0.2) is 4.39 Å². The highest BCUT2D eigenvalue weighted by Gasteiger charge is 2.05. The van der Waals surface area contributed by atoms with Gasteiger partial charge >= 0.3 is 0 Å². The van der Waals surface area contributed by atoms with Crippen LogP contribution in [0.4, 0.5) is 16.0 Å². The van der Waals surface area contributed by atoms with Gasteiger partial charge in [0.25, 0.3) is 0 Å². The van der Waals surface area contributed by atoms with Gasteiger partial charge in [0.1, 0.15) is 5.82 Å². The minimum atomic E-state index is -0.266. The fraction of sp³-hybridized carbons (Fsp3) is 0.0769. The summed E-state index contributed by atoms with van der Waals surface area (Å²) in [7, 11) is 0. The monoisotopic (exact) mass is 306 g/mol. The molecule has 0 radical (unpaired) electrons. The Labute approximate surface area is 123 Å². The second-order valence-electron chi connectivity index (χ2n) is 4.02. The summed E-state index contributed by atoms with van der Waals surface area (Å²) in [5, 5.41) is 14.9. The molecule has 0 aliphatic carbocycles. The summed E-state index contributed by atoms with van der Waals surface area (Å²) in [4.78, 5) is 4.32. The van der Waals surface area contributed by atoms with Crippen molar-refractivity contribution < 1.29 is 4.39 Å². The van der Waals surface area contributed by atoms with Gasteiger partial charge in [-0.05, 0) is 46.7 Å². The summed E-state index contributed by atoms with van der Waals surface area (Å²) in [6, 6.07) is 8.15. The highest BCUT2D eigenvalue weighted by atomic mass is 32.2. The van der Waals surface area contributed by atoms with E-state index in [1.54, 1.807) is 35.2 Å². The number of benzene rings is 1. The second kappa shape index (κ2) is 6.06. The van der Waals surface area contributed by atoms with Crippen molar-refractivity contribution in [2.24, 2.45) is 0 Å². The van der Waals surface area contributed by atoms with Crippen molar-refractivity contribution in [1.29, 1.82) is 0 Å². The van der Waals surface area contributed by atoms with Crippen molar-refractivity contribution in [3.63, 3.8) is 0 Å². The normalized spacial score (nSPS) is 10.7. The van der Waals surface area contributed by atoms with E-state index in [0.29, 0.717) is 5.95 Å². The second-order valence-corrected chi connectivity index (χ2v) is 5.76. The molecule has 0 unspecified atom stereocenters. The molecule has 4 nitrogen and oxygen atoms in total. The number of halogens is 1. The molecule has 2 aromatic heterocycles. The van der Waals surface area contributed by atoms with E-state index in [-0.39, 0.29) is 5.82 Å². The maximum absolute atomic E-state index is 12.8. The zero-order valence-electron chi connectivity index (χ0n) is 10.3. The number of rotatable bonds is 5. The van der Waals surface area contributed by atoms with Gasteiger partial charge in [0.2, 0.25) is 5.95 Å². The van der Waals surface area contributed by atoms with E-state index >= 15 is 0 Å². The maximum atomic E-state index is 12.8. The van der Waals surface area contributed by atoms with E-state index in [4.69, 9.17) is 0 Å². The maximum Gasteiger partial charge on any atom is 0.247 e. The Kier molecular flexibility index (Phi) is 3.98. The van der Waals surface area contributed by atoms with Crippen LogP contribution in [0.2, 0.25) is 0 Å². The summed E-state index contributed by atoms with van der Waals surface area (Å²) in [5.41, 5.74) is 2.02. The summed E-state index contributed by atoms with van der Waals surface area (Å²) in [6.07, 6.45) is 0. The number of thioether (sulfide) groups is 1. The van der Waals surface area contributed by atoms with Crippen molar-refractivity contribution in [3.8, 4) is 0 Å². The number of hydrogen-bond acceptors (Lipinski definition) is 5. The first-order valence-electron chi connectivity index (χ1n) is 5.88. The van der Waals surface area contributed by atoms with Crippen molar-refractivity contribution in [2.75, 3.05) is 5.32 Å². The molecule has 0 aliphatic rings. The lowest BCUT2D eigenvalue weighted by molar-refractivity contribution is 0.628. The van der Waals surface area contributed by atoms with Crippen LogP contribution >= 0.6 is 23.1 Å². The molecule has 102 valence electrons. The van der Waals surface area contributed by atoms with E-state index in [1.807, 2.05) is 0 Å². The standard InChI is InChI=1S/C13H11FN4S2/c14-10-1-3-11(4-2-10)15-12-16-13(18-17-12)20-8-9-5-6-19-7-9/h1-7H,8H2,(H2,15,16,17,18). The van der Waals surface area contributed by atoms with Gasteiger partial charge in [0.15, 0.2) is 5.16 Å². The van der Waals surface area contributed by atoms with Gasteiger partial charge in [0.05, 0.1) is 0 Å². The number of nitrogens with one attached hydrogen (secondary N) is 2. The van der Waals surface area contributed by atoms with Gasteiger partial charge in [0, 0.05) is 11.4 Å². The average molecular weight is 306 g/mol. The SMILES string of the molecule is Fc1ccc(Nc2n[nH]c(SCc3ccsc3)n2)cc1. The van der Waals surface area contributed by atoms with Crippen LogP contribution in [-0.4, -0.2) is 15.2 Å². The molecule has 3 aromatic rings. The summed E-state index contributed by atoms with van der Waals surface area (Å²) in [5.74, 6) is 1.07. The van der Waals surface area contributed by atoms with Crippen molar-refractivity contribution in [1.82, 2.24) is 15.2 Å². The third kappa shape index (κ3) is 3.37. The number of aromatic amines is 1. The first-order chi connectivity index (χ1) is 9.79. The third-order valence-electron chi connectivity index (χ3n) is 2.52. The molecule has 0 fully saturated rings. The molecular weight excluding hydrogens is 295 g/mol. The third-order valence-corrected chi connectivity index (χ3v) is 4.19. The quantitative estimate of drug-likeness (QED) is 0.699. The Hall–Kier alpha value is -1.86. The van der Waals surface area contributed by atoms with E-state index < -0.39 is 0 Å². The number of nitrogens with zero attached hydrogens (tertiary/aromatic N) is 2. The van der Waals surface area contributed by atoms with Crippen molar-refractivity contribution >= 4 is 34.7 Å². The zero-order chi connectivity index (χ0) is 13.8. The molecule has 2 N–H and O–H groups in total. The van der Waals surface area contributed by atoms with Gasteiger partial charge in [-0.1, -0.05) is 11.8 Å². The van der Waals surface area contributed by atoms with Gasteiger partial charge in [-0.15, -0.1) is 5.10 Å². The Balaban J connectivity index is 1.60. The van der Waals surface area contributed by atoms with Crippen LogP contribution in [0.25, 0.3) is 0 Å². The molecule has 0 bridgehead atoms. The van der Waals surface area contributed by atoms with Crippen LogP contribution in [0.15, 0.2) is 46.2 Å². The molecule has 20 heavy (non-hydrogen) atoms. The first-order valence-corrected chi connectivity index (χ1v) is 7.81. The largest absolute Gasteiger partial charge is 0.323 e. The Morgan fingerprint density at radius 2 is 2.10 bits per heavy atom. The molecule has 1 aromatic carbocycles. The lowest BCUT2D eigenvalue weighted by Gasteiger charge is -2.00. The van der Waals surface area contributed by atoms with Crippen LogP contribution in [-0.2, 0) is 5.75 Å². The van der Waals surface area contributed by atoms with Crippen LogP contribution in [0.1, 0.15) is 5.56 Å². The highest BCUT2D eigenvalue weighted by Crippen LogP contribution is 2.22. The summed E-state index contributed by atoms with van der Waals surface area (Å²) in [6.45, 7) is 0. The molecule has 7 heteroatoms. The summed E-state index contributed by atoms with van der Waals surface area (Å²) < 4.78 is 12.8. The lowest BCUT2D eigenvalue weighted by atomic mass is 10.3. The predicted octanol–water partition coefficient (Wildman–Crippen LogP) is 4.04. The van der Waals surface area contributed by atoms with Gasteiger partial charge in [-0.2, -0.15) is 16.3 Å². The molecule has 0 saturated heterocycles. The van der Waals surface area contributed by atoms with Crippen LogP contribution in [0, 0.1) is 5.82 Å². The van der Waals surface area contributed by atoms with Gasteiger partial charge in [-0.3, -0.25) is 5.10 Å². The number of thiophene rings is 1. The van der Waals surface area contributed by atoms with Crippen LogP contribution in [0.3, 0.4) is 0 Å². The Morgan fingerprint density at radius 3 is 2.85 bits per heavy atom. The average Bonchev–Trinajstić information content (AvgIpc) is 3.10. The fourth-order valence-corrected chi connectivity index (χ4v) is 3.07. The molecule has 0 atom stereocenters. The Bertz CT molecular complexity index is 664. The molecule has 0 amide bonds. The molecule has 2 heterocycles. The van der Waals surface area contributed by atoms with Gasteiger partial charge < -0.3 is 5.32 Å². The lowest BCUT2D eigenvalue weighted by Crippen LogP contribution is -1.92. The van der Waals surface area contributed by atoms with E-state index in [0.717, 1.165) is 16.6 Å². The highest BCUT2D eigenvalue weighted by molar-refractivity contribution is 7.98. The molecular formula is C13H11FN4S2. The topological polar surface area (TPSA) is 53.6 Å². The fourth-order valence-electron chi connectivity index (χ4n) is 1.56. The molecule has 0 aliphatic heterocycles. The van der Waals surface area contributed by atoms with E-state index in [2.05, 4.69) is 37.3 Å². The van der Waals surface area contributed by atoms with Crippen molar-refractivity contribution in [3.05, 3.63) is 52.5 Å². The summed E-state index contributed by atoms with van der Waals surface area (Å²) >= 11 is 3.27. The number of H-pyrrole nitrogens is 1. The number of anilines is 2.